The molecule has 0 aromatic carbocycles. The number of nitrogens with zero attached hydrogens (tertiary/aromatic N) is 5. The van der Waals surface area contributed by atoms with E-state index in [1.165, 1.54) is 4.57 Å². The van der Waals surface area contributed by atoms with Gasteiger partial charge in [-0.1, -0.05) is 23.2 Å². The number of aryl methyl sites for hydroxylation is 1. The van der Waals surface area contributed by atoms with Crippen molar-refractivity contribution in [2.45, 2.75) is 75.9 Å². The Hall–Kier alpha value is -2.52. The highest BCUT2D eigenvalue weighted by Crippen LogP contribution is 2.47. The first-order valence-electron chi connectivity index (χ1n) is 11.7. The Kier molecular flexibility index (Phi) is 4.78. The van der Waals surface area contributed by atoms with Crippen LogP contribution in [0.5, 0.6) is 0 Å². The van der Waals surface area contributed by atoms with Gasteiger partial charge in [-0.3, -0.25) is 13.9 Å². The second-order valence-corrected chi connectivity index (χ2v) is 10.0. The zero-order valence-electron chi connectivity index (χ0n) is 18.8. The van der Waals surface area contributed by atoms with E-state index in [4.69, 9.17) is 25.8 Å². The number of carbonyl (C=O) groups excluding carboxylic acids is 1. The second kappa shape index (κ2) is 7.50. The molecule has 1 aliphatic heterocycles. The van der Waals surface area contributed by atoms with Gasteiger partial charge in [-0.2, -0.15) is 0 Å². The molecule has 1 saturated carbocycles. The van der Waals surface area contributed by atoms with Crippen molar-refractivity contribution in [2.24, 2.45) is 7.05 Å². The number of aromatic nitrogens is 5. The number of hydrogen-bond acceptors (Lipinski definition) is 7. The lowest BCUT2D eigenvalue weighted by Gasteiger charge is -2.36. The first kappa shape index (κ1) is 21.0. The van der Waals surface area contributed by atoms with Gasteiger partial charge in [0.05, 0.1) is 24.2 Å². The Morgan fingerprint density at radius 2 is 1.94 bits per heavy atom. The summed E-state index contributed by atoms with van der Waals surface area (Å²) < 4.78 is 14.7. The molecule has 174 valence electrons. The molecule has 3 aliphatic rings. The Bertz CT molecular complexity index is 1340. The van der Waals surface area contributed by atoms with Gasteiger partial charge in [-0.15, -0.1) is 0 Å². The van der Waals surface area contributed by atoms with E-state index in [0.29, 0.717) is 41.5 Å². The van der Waals surface area contributed by atoms with Gasteiger partial charge in [0.1, 0.15) is 11.3 Å². The Balaban J connectivity index is 1.52. The number of hydrogen-bond donors (Lipinski definition) is 0. The fourth-order valence-corrected chi connectivity index (χ4v) is 6.29. The molecule has 3 aromatic heterocycles. The maximum atomic E-state index is 13.1. The van der Waals surface area contributed by atoms with Crippen LogP contribution < -0.4 is 5.69 Å². The molecule has 0 unspecified atom stereocenters. The van der Waals surface area contributed by atoms with E-state index in [-0.39, 0.29) is 28.8 Å². The van der Waals surface area contributed by atoms with Crippen molar-refractivity contribution >= 4 is 28.5 Å². The highest BCUT2D eigenvalue weighted by atomic mass is 35.5. The maximum absolute atomic E-state index is 13.1. The third-order valence-electron chi connectivity index (χ3n) is 7.68. The van der Waals surface area contributed by atoms with Crippen LogP contribution in [-0.4, -0.2) is 42.8 Å². The van der Waals surface area contributed by atoms with Gasteiger partial charge in [0.15, 0.2) is 28.1 Å². The second-order valence-electron chi connectivity index (χ2n) is 9.66. The summed E-state index contributed by atoms with van der Waals surface area (Å²) in [6.07, 6.45) is 6.55. The topological polar surface area (TPSA) is 105 Å². The minimum absolute atomic E-state index is 0.0701. The van der Waals surface area contributed by atoms with E-state index in [9.17, 15) is 9.59 Å². The molecule has 4 heterocycles. The maximum Gasteiger partial charge on any atom is 0.330 e. The molecule has 6 rings (SSSR count). The van der Waals surface area contributed by atoms with Gasteiger partial charge in [0, 0.05) is 19.0 Å². The molecule has 9 nitrogen and oxygen atoms in total. The van der Waals surface area contributed by atoms with E-state index in [2.05, 4.69) is 10.1 Å². The standard InChI is InChI=1S/C23H26ClN5O4/c1-12-10-13(11-32-12)29-21-17(28(2)22(29)31)19(24)25-20(26-21)16-14-6-5-9-23(18(14)33-27-16)8-4-3-7-15(23)30/h12-13H,3-11H2,1-2H3/t12-,13+,23+/m0/s1. The summed E-state index contributed by atoms with van der Waals surface area (Å²) in [6.45, 7) is 2.44. The van der Waals surface area contributed by atoms with E-state index in [1.54, 1.807) is 11.6 Å². The molecule has 33 heavy (non-hydrogen) atoms. The van der Waals surface area contributed by atoms with Gasteiger partial charge >= 0.3 is 5.69 Å². The van der Waals surface area contributed by atoms with E-state index < -0.39 is 5.41 Å². The molecule has 0 bridgehead atoms. The fourth-order valence-electron chi connectivity index (χ4n) is 6.00. The van der Waals surface area contributed by atoms with Crippen LogP contribution in [-0.2, 0) is 28.4 Å². The van der Waals surface area contributed by atoms with Gasteiger partial charge in [-0.05, 0) is 45.4 Å². The number of rotatable bonds is 2. The van der Waals surface area contributed by atoms with Crippen LogP contribution >= 0.6 is 11.6 Å². The van der Waals surface area contributed by atoms with Crippen LogP contribution in [0, 0.1) is 0 Å². The third-order valence-corrected chi connectivity index (χ3v) is 7.94. The number of fused-ring (bicyclic) bond motifs is 3. The van der Waals surface area contributed by atoms with E-state index >= 15 is 0 Å². The molecular formula is C23H26ClN5O4. The zero-order chi connectivity index (χ0) is 22.9. The molecule has 2 fully saturated rings. The number of carbonyl (C=O) groups is 1. The zero-order valence-corrected chi connectivity index (χ0v) is 19.5. The lowest BCUT2D eigenvalue weighted by Crippen LogP contribution is -2.41. The SMILES string of the molecule is C[C@H]1C[C@@H](n2c(=O)n(C)c3c(Cl)nc(-c4noc5c4CCC[C@@]54CCCCC4=O)nc32)CO1. The van der Waals surface area contributed by atoms with Gasteiger partial charge in [0.2, 0.25) is 0 Å². The number of imidazole rings is 1. The number of Topliss-reactive ketones (excluding diaryl/α,β-unsaturated/α-hetero) is 1. The molecule has 2 aliphatic carbocycles. The average Bonchev–Trinajstić information content (AvgIpc) is 3.48. The first-order chi connectivity index (χ1) is 15.9. The van der Waals surface area contributed by atoms with Crippen LogP contribution in [0.25, 0.3) is 22.7 Å². The lowest BCUT2D eigenvalue weighted by atomic mass is 9.64. The largest absolute Gasteiger partial charge is 0.376 e. The predicted octanol–water partition coefficient (Wildman–Crippen LogP) is 3.51. The molecule has 0 radical (unpaired) electrons. The number of halogens is 1. The Morgan fingerprint density at radius 1 is 1.12 bits per heavy atom. The number of ketones is 1. The van der Waals surface area contributed by atoms with E-state index in [1.807, 2.05) is 6.92 Å². The summed E-state index contributed by atoms with van der Waals surface area (Å²) in [6, 6.07) is -0.121. The highest BCUT2D eigenvalue weighted by Gasteiger charge is 2.48. The van der Waals surface area contributed by atoms with Crippen molar-refractivity contribution in [1.82, 2.24) is 24.3 Å². The third kappa shape index (κ3) is 2.98. The van der Waals surface area contributed by atoms with Crippen LogP contribution in [0.1, 0.15) is 69.2 Å². The van der Waals surface area contributed by atoms with Gasteiger partial charge in [0.25, 0.3) is 0 Å². The predicted molar refractivity (Wildman–Crippen MR) is 120 cm³/mol. The summed E-state index contributed by atoms with van der Waals surface area (Å²) in [7, 11) is 1.67. The Morgan fingerprint density at radius 3 is 2.70 bits per heavy atom. The molecule has 0 N–H and O–H groups in total. The molecule has 1 saturated heterocycles. The van der Waals surface area contributed by atoms with Crippen molar-refractivity contribution in [3.05, 3.63) is 27.0 Å². The van der Waals surface area contributed by atoms with Crippen LogP contribution in [0.3, 0.4) is 0 Å². The minimum atomic E-state index is -0.572. The molecule has 10 heteroatoms. The lowest BCUT2D eigenvalue weighted by molar-refractivity contribution is -0.128. The molecule has 3 aromatic rings. The summed E-state index contributed by atoms with van der Waals surface area (Å²) in [4.78, 5) is 35.3. The average molecular weight is 472 g/mol. The summed E-state index contributed by atoms with van der Waals surface area (Å²) in [5.41, 5.74) is 1.60. The van der Waals surface area contributed by atoms with Crippen molar-refractivity contribution in [2.75, 3.05) is 6.61 Å². The first-order valence-corrected chi connectivity index (χ1v) is 12.1. The van der Waals surface area contributed by atoms with E-state index in [0.717, 1.165) is 50.5 Å². The van der Waals surface area contributed by atoms with Crippen molar-refractivity contribution in [1.29, 1.82) is 0 Å². The van der Waals surface area contributed by atoms with Gasteiger partial charge < -0.3 is 9.26 Å². The summed E-state index contributed by atoms with van der Waals surface area (Å²) in [5, 5.41) is 4.53. The molecular weight excluding hydrogens is 446 g/mol. The van der Waals surface area contributed by atoms with Crippen molar-refractivity contribution in [3.8, 4) is 11.5 Å². The molecule has 0 amide bonds. The highest BCUT2D eigenvalue weighted by molar-refractivity contribution is 6.33. The normalized spacial score (nSPS) is 27.5. The van der Waals surface area contributed by atoms with Crippen LogP contribution in [0.15, 0.2) is 9.32 Å². The Labute approximate surface area is 195 Å². The van der Waals surface area contributed by atoms with Crippen LogP contribution in [0.4, 0.5) is 0 Å². The smallest absolute Gasteiger partial charge is 0.330 e. The quantitative estimate of drug-likeness (QED) is 0.526. The van der Waals surface area contributed by atoms with Gasteiger partial charge in [-0.25, -0.2) is 14.8 Å². The van der Waals surface area contributed by atoms with Crippen molar-refractivity contribution in [3.63, 3.8) is 0 Å². The number of ether oxygens (including phenoxy) is 1. The molecule has 1 spiro atoms. The monoisotopic (exact) mass is 471 g/mol. The van der Waals surface area contributed by atoms with Crippen molar-refractivity contribution < 1.29 is 14.1 Å². The summed E-state index contributed by atoms with van der Waals surface area (Å²) in [5.74, 6) is 1.25. The fraction of sp³-hybridized carbons (Fsp3) is 0.609. The minimum Gasteiger partial charge on any atom is -0.376 e. The van der Waals surface area contributed by atoms with Crippen LogP contribution in [0.2, 0.25) is 5.15 Å². The molecule has 3 atom stereocenters. The summed E-state index contributed by atoms with van der Waals surface area (Å²) >= 11 is 6.59.